The van der Waals surface area contributed by atoms with Crippen LogP contribution in [-0.4, -0.2) is 12.1 Å². The Kier molecular flexibility index (Phi) is 5.89. The average Bonchev–Trinajstić information content (AvgIpc) is 2.34. The molecule has 0 atom stereocenters. The molecule has 19 heavy (non-hydrogen) atoms. The van der Waals surface area contributed by atoms with Gasteiger partial charge in [0.1, 0.15) is 12.4 Å². The van der Waals surface area contributed by atoms with Crippen LogP contribution < -0.4 is 10.1 Å². The zero-order chi connectivity index (χ0) is 14.5. The minimum atomic E-state index is 0.0977. The van der Waals surface area contributed by atoms with Gasteiger partial charge in [0.25, 0.3) is 0 Å². The van der Waals surface area contributed by atoms with E-state index >= 15 is 0 Å². The van der Waals surface area contributed by atoms with Crippen LogP contribution in [0.25, 0.3) is 0 Å². The summed E-state index contributed by atoms with van der Waals surface area (Å²) in [6.45, 7) is 13.7. The van der Waals surface area contributed by atoms with Gasteiger partial charge in [0.2, 0.25) is 0 Å². The third-order valence-corrected chi connectivity index (χ3v) is 3.05. The Bertz CT molecular complexity index is 435. The number of rotatable bonds is 6. The largest absolute Gasteiger partial charge is 0.488 e. The van der Waals surface area contributed by atoms with Gasteiger partial charge in [-0.15, -0.1) is 0 Å². The van der Waals surface area contributed by atoms with Gasteiger partial charge in [-0.1, -0.05) is 31.2 Å². The molecule has 3 heteroatoms. The minimum Gasteiger partial charge on any atom is -0.488 e. The van der Waals surface area contributed by atoms with E-state index in [2.05, 4.69) is 39.6 Å². The Morgan fingerprint density at radius 3 is 2.58 bits per heavy atom. The monoisotopic (exact) mass is 281 g/mol. The molecule has 0 saturated heterocycles. The zero-order valence-electron chi connectivity index (χ0n) is 12.3. The van der Waals surface area contributed by atoms with Crippen LogP contribution in [0.3, 0.4) is 0 Å². The number of halogens is 1. The number of hydrogen-bond donors (Lipinski definition) is 1. The number of hydrogen-bond acceptors (Lipinski definition) is 2. The highest BCUT2D eigenvalue weighted by atomic mass is 35.5. The molecule has 0 amide bonds. The first kappa shape index (κ1) is 16.1. The first-order valence-electron chi connectivity index (χ1n) is 6.64. The summed E-state index contributed by atoms with van der Waals surface area (Å²) in [5.41, 5.74) is 2.32. The van der Waals surface area contributed by atoms with Gasteiger partial charge in [0.15, 0.2) is 0 Å². The van der Waals surface area contributed by atoms with Crippen molar-refractivity contribution >= 4 is 11.6 Å². The number of benzene rings is 1. The summed E-state index contributed by atoms with van der Waals surface area (Å²) in [6.07, 6.45) is 0.922. The van der Waals surface area contributed by atoms with E-state index in [1.165, 1.54) is 0 Å². The second-order valence-corrected chi connectivity index (χ2v) is 6.17. The maximum atomic E-state index is 6.22. The molecule has 0 bridgehead atoms. The van der Waals surface area contributed by atoms with E-state index in [4.69, 9.17) is 16.3 Å². The molecule has 0 fully saturated rings. The molecule has 106 valence electrons. The quantitative estimate of drug-likeness (QED) is 0.771. The van der Waals surface area contributed by atoms with Crippen molar-refractivity contribution in [2.24, 2.45) is 0 Å². The van der Waals surface area contributed by atoms with Crippen LogP contribution in [0, 0.1) is 0 Å². The molecule has 0 heterocycles. The van der Waals surface area contributed by atoms with Crippen LogP contribution in [0.1, 0.15) is 39.7 Å². The topological polar surface area (TPSA) is 21.3 Å². The molecule has 0 spiro atoms. The predicted octanol–water partition coefficient (Wildman–Crippen LogP) is 4.57. The highest BCUT2D eigenvalue weighted by Gasteiger charge is 2.09. The molecule has 1 aromatic carbocycles. The lowest BCUT2D eigenvalue weighted by Gasteiger charge is -2.20. The molecule has 0 unspecified atom stereocenters. The molecule has 0 aliphatic rings. The predicted molar refractivity (Wildman–Crippen MR) is 83.0 cm³/mol. The van der Waals surface area contributed by atoms with Crippen LogP contribution in [0.5, 0.6) is 5.75 Å². The lowest BCUT2D eigenvalue weighted by molar-refractivity contribution is 0.349. The summed E-state index contributed by atoms with van der Waals surface area (Å²) in [5, 5.41) is 4.08. The van der Waals surface area contributed by atoms with Gasteiger partial charge in [0, 0.05) is 12.1 Å². The molecule has 0 aromatic heterocycles. The van der Waals surface area contributed by atoms with E-state index in [1.54, 1.807) is 0 Å². The first-order chi connectivity index (χ1) is 8.81. The standard InChI is InChI=1S/C16H24ClNO/c1-6-12(2)11-19-15-8-7-13(9-14(15)17)10-18-16(3,4)5/h7-9,18H,2,6,10-11H2,1,3-5H3. The average molecular weight is 282 g/mol. The third kappa shape index (κ3) is 6.13. The lowest BCUT2D eigenvalue weighted by atomic mass is 10.1. The summed E-state index contributed by atoms with van der Waals surface area (Å²) in [5.74, 6) is 0.718. The van der Waals surface area contributed by atoms with Crippen LogP contribution >= 0.6 is 11.6 Å². The lowest BCUT2D eigenvalue weighted by Crippen LogP contribution is -2.35. The Balaban J connectivity index is 2.61. The fourth-order valence-electron chi connectivity index (χ4n) is 1.42. The number of nitrogens with one attached hydrogen (secondary N) is 1. The SMILES string of the molecule is C=C(CC)COc1ccc(CNC(C)(C)C)cc1Cl. The fourth-order valence-corrected chi connectivity index (χ4v) is 1.68. The molecule has 0 aliphatic heterocycles. The first-order valence-corrected chi connectivity index (χ1v) is 7.02. The summed E-state index contributed by atoms with van der Waals surface area (Å²) in [6, 6.07) is 5.91. The Hall–Kier alpha value is -0.990. The van der Waals surface area contributed by atoms with Crippen molar-refractivity contribution in [3.8, 4) is 5.75 Å². The van der Waals surface area contributed by atoms with Crippen molar-refractivity contribution in [1.29, 1.82) is 0 Å². The van der Waals surface area contributed by atoms with Gasteiger partial charge >= 0.3 is 0 Å². The second-order valence-electron chi connectivity index (χ2n) is 5.76. The molecule has 1 N–H and O–H groups in total. The Morgan fingerprint density at radius 1 is 1.37 bits per heavy atom. The van der Waals surface area contributed by atoms with Gasteiger partial charge in [-0.25, -0.2) is 0 Å². The minimum absolute atomic E-state index is 0.0977. The molecule has 1 rings (SSSR count). The van der Waals surface area contributed by atoms with E-state index in [0.717, 1.165) is 29.9 Å². The zero-order valence-corrected chi connectivity index (χ0v) is 13.1. The molecular formula is C16H24ClNO. The normalized spacial score (nSPS) is 11.4. The molecule has 0 aliphatic carbocycles. The molecular weight excluding hydrogens is 258 g/mol. The smallest absolute Gasteiger partial charge is 0.138 e. The fraction of sp³-hybridized carbons (Fsp3) is 0.500. The van der Waals surface area contributed by atoms with Gasteiger partial charge < -0.3 is 10.1 Å². The van der Waals surface area contributed by atoms with Crippen LogP contribution in [0.2, 0.25) is 5.02 Å². The van der Waals surface area contributed by atoms with Crippen LogP contribution in [0.4, 0.5) is 0 Å². The maximum absolute atomic E-state index is 6.22. The highest BCUT2D eigenvalue weighted by molar-refractivity contribution is 6.32. The molecule has 0 saturated carbocycles. The summed E-state index contributed by atoms with van der Waals surface area (Å²) < 4.78 is 5.64. The van der Waals surface area contributed by atoms with Gasteiger partial charge in [-0.05, 0) is 50.5 Å². The third-order valence-electron chi connectivity index (χ3n) is 2.75. The molecule has 0 radical (unpaired) electrons. The summed E-state index contributed by atoms with van der Waals surface area (Å²) in [7, 11) is 0. The Labute approximate surface area is 121 Å². The van der Waals surface area contributed by atoms with E-state index < -0.39 is 0 Å². The van der Waals surface area contributed by atoms with Gasteiger partial charge in [-0.2, -0.15) is 0 Å². The van der Waals surface area contributed by atoms with E-state index in [0.29, 0.717) is 11.6 Å². The highest BCUT2D eigenvalue weighted by Crippen LogP contribution is 2.26. The van der Waals surface area contributed by atoms with E-state index in [9.17, 15) is 0 Å². The number of ether oxygens (including phenoxy) is 1. The Morgan fingerprint density at radius 2 is 2.05 bits per heavy atom. The second kappa shape index (κ2) is 6.97. The molecule has 1 aromatic rings. The van der Waals surface area contributed by atoms with Crippen molar-refractivity contribution in [3.63, 3.8) is 0 Å². The maximum Gasteiger partial charge on any atom is 0.138 e. The van der Waals surface area contributed by atoms with Gasteiger partial charge in [-0.3, -0.25) is 0 Å². The molecule has 2 nitrogen and oxygen atoms in total. The van der Waals surface area contributed by atoms with E-state index in [1.807, 2.05) is 18.2 Å². The van der Waals surface area contributed by atoms with Crippen molar-refractivity contribution in [1.82, 2.24) is 5.32 Å². The van der Waals surface area contributed by atoms with Crippen LogP contribution in [0.15, 0.2) is 30.4 Å². The van der Waals surface area contributed by atoms with Crippen molar-refractivity contribution < 1.29 is 4.74 Å². The van der Waals surface area contributed by atoms with Crippen LogP contribution in [-0.2, 0) is 6.54 Å². The summed E-state index contributed by atoms with van der Waals surface area (Å²) in [4.78, 5) is 0. The summed E-state index contributed by atoms with van der Waals surface area (Å²) >= 11 is 6.22. The van der Waals surface area contributed by atoms with Crippen molar-refractivity contribution in [3.05, 3.63) is 40.9 Å². The van der Waals surface area contributed by atoms with Crippen molar-refractivity contribution in [2.75, 3.05) is 6.61 Å². The van der Waals surface area contributed by atoms with Gasteiger partial charge in [0.05, 0.1) is 5.02 Å². The van der Waals surface area contributed by atoms with E-state index in [-0.39, 0.29) is 5.54 Å². The van der Waals surface area contributed by atoms with Crippen molar-refractivity contribution in [2.45, 2.75) is 46.2 Å².